The molecule has 1 saturated heterocycles. The molecular formula is C11H22N2O2. The predicted molar refractivity (Wildman–Crippen MR) is 59.8 cm³/mol. The van der Waals surface area contributed by atoms with Crippen molar-refractivity contribution in [2.45, 2.75) is 32.4 Å². The van der Waals surface area contributed by atoms with E-state index in [9.17, 15) is 4.79 Å². The number of hydrogen-bond donors (Lipinski definition) is 0. The van der Waals surface area contributed by atoms with Gasteiger partial charge in [-0.05, 0) is 27.8 Å². The Morgan fingerprint density at radius 3 is 2.47 bits per heavy atom. The Hall–Kier alpha value is -0.610. The number of nitrogens with zero attached hydrogens (tertiary/aromatic N) is 2. The second-order valence-electron chi connectivity index (χ2n) is 4.90. The first-order chi connectivity index (χ1) is 6.88. The fourth-order valence-corrected chi connectivity index (χ4v) is 1.93. The lowest BCUT2D eigenvalue weighted by Gasteiger charge is -2.46. The van der Waals surface area contributed by atoms with E-state index in [1.807, 2.05) is 6.92 Å². The van der Waals surface area contributed by atoms with E-state index in [2.05, 4.69) is 30.7 Å². The van der Waals surface area contributed by atoms with Gasteiger partial charge in [0, 0.05) is 25.2 Å². The lowest BCUT2D eigenvalue weighted by Crippen LogP contribution is -2.60. The van der Waals surface area contributed by atoms with Crippen molar-refractivity contribution in [3.8, 4) is 0 Å². The molecule has 88 valence electrons. The third-order valence-corrected chi connectivity index (χ3v) is 3.44. The number of carbonyl (C=O) groups excluding carboxylic acids is 1. The van der Waals surface area contributed by atoms with Crippen molar-refractivity contribution in [2.24, 2.45) is 0 Å². The van der Waals surface area contributed by atoms with E-state index in [0.29, 0.717) is 0 Å². The van der Waals surface area contributed by atoms with Crippen LogP contribution in [0.2, 0.25) is 0 Å². The van der Waals surface area contributed by atoms with Crippen molar-refractivity contribution in [3.05, 3.63) is 0 Å². The molecule has 0 saturated carbocycles. The largest absolute Gasteiger partial charge is 0.468 e. The zero-order valence-corrected chi connectivity index (χ0v) is 10.4. The average molecular weight is 214 g/mol. The second-order valence-corrected chi connectivity index (χ2v) is 4.90. The molecule has 1 rings (SSSR count). The van der Waals surface area contributed by atoms with Crippen molar-refractivity contribution >= 4 is 5.97 Å². The molecule has 4 heteroatoms. The Balaban J connectivity index is 2.63. The minimum absolute atomic E-state index is 0.126. The minimum atomic E-state index is -0.143. The normalized spacial score (nSPS) is 24.9. The zero-order valence-electron chi connectivity index (χ0n) is 10.4. The fourth-order valence-electron chi connectivity index (χ4n) is 1.93. The maximum absolute atomic E-state index is 11.4. The first kappa shape index (κ1) is 12.5. The van der Waals surface area contributed by atoms with Crippen LogP contribution in [0.25, 0.3) is 0 Å². The van der Waals surface area contributed by atoms with Gasteiger partial charge in [0.2, 0.25) is 0 Å². The van der Waals surface area contributed by atoms with Crippen LogP contribution in [-0.2, 0) is 9.53 Å². The Morgan fingerprint density at radius 2 is 2.00 bits per heavy atom. The standard InChI is InChI=1S/C11H22N2O2/c1-9(10(14)15-5)13-7-6-12(4)11(2,3)8-13/h9H,6-8H2,1-5H3. The van der Waals surface area contributed by atoms with Crippen LogP contribution in [0.5, 0.6) is 0 Å². The number of piperazine rings is 1. The van der Waals surface area contributed by atoms with Gasteiger partial charge in [0.1, 0.15) is 6.04 Å². The molecule has 0 radical (unpaired) electrons. The third kappa shape index (κ3) is 2.69. The molecule has 1 atom stereocenters. The van der Waals surface area contributed by atoms with E-state index in [1.165, 1.54) is 7.11 Å². The molecule has 1 aliphatic heterocycles. The fraction of sp³-hybridized carbons (Fsp3) is 0.909. The summed E-state index contributed by atoms with van der Waals surface area (Å²) in [6, 6.07) is -0.136. The highest BCUT2D eigenvalue weighted by Crippen LogP contribution is 2.20. The number of carbonyl (C=O) groups is 1. The molecule has 15 heavy (non-hydrogen) atoms. The van der Waals surface area contributed by atoms with Crippen LogP contribution < -0.4 is 0 Å². The number of likely N-dealkylation sites (N-methyl/N-ethyl adjacent to an activating group) is 1. The first-order valence-electron chi connectivity index (χ1n) is 5.41. The number of rotatable bonds is 2. The monoisotopic (exact) mass is 214 g/mol. The van der Waals surface area contributed by atoms with Crippen LogP contribution in [0.1, 0.15) is 20.8 Å². The van der Waals surface area contributed by atoms with Gasteiger partial charge in [-0.15, -0.1) is 0 Å². The van der Waals surface area contributed by atoms with Gasteiger partial charge in [-0.3, -0.25) is 14.6 Å². The van der Waals surface area contributed by atoms with Gasteiger partial charge in [0.05, 0.1) is 7.11 Å². The number of hydrogen-bond acceptors (Lipinski definition) is 4. The number of esters is 1. The van der Waals surface area contributed by atoms with Crippen molar-refractivity contribution in [1.29, 1.82) is 0 Å². The Morgan fingerprint density at radius 1 is 1.40 bits per heavy atom. The summed E-state index contributed by atoms with van der Waals surface area (Å²) in [4.78, 5) is 15.9. The highest BCUT2D eigenvalue weighted by atomic mass is 16.5. The Labute approximate surface area is 92.2 Å². The highest BCUT2D eigenvalue weighted by Gasteiger charge is 2.35. The first-order valence-corrected chi connectivity index (χ1v) is 5.41. The minimum Gasteiger partial charge on any atom is -0.468 e. The van der Waals surface area contributed by atoms with Crippen molar-refractivity contribution in [2.75, 3.05) is 33.8 Å². The van der Waals surface area contributed by atoms with Gasteiger partial charge in [-0.2, -0.15) is 0 Å². The number of methoxy groups -OCH3 is 1. The lowest BCUT2D eigenvalue weighted by molar-refractivity contribution is -0.148. The van der Waals surface area contributed by atoms with E-state index >= 15 is 0 Å². The zero-order chi connectivity index (χ0) is 11.6. The molecule has 1 fully saturated rings. The maximum atomic E-state index is 11.4. The molecule has 0 aromatic heterocycles. The van der Waals surface area contributed by atoms with E-state index < -0.39 is 0 Å². The quantitative estimate of drug-likeness (QED) is 0.629. The Kier molecular flexibility index (Phi) is 3.73. The number of ether oxygens (including phenoxy) is 1. The third-order valence-electron chi connectivity index (χ3n) is 3.44. The molecule has 0 amide bonds. The van der Waals surface area contributed by atoms with E-state index in [-0.39, 0.29) is 17.6 Å². The molecular weight excluding hydrogens is 192 g/mol. The summed E-state index contributed by atoms with van der Waals surface area (Å²) >= 11 is 0. The SMILES string of the molecule is COC(=O)C(C)N1CCN(C)C(C)(C)C1. The van der Waals surface area contributed by atoms with E-state index in [1.54, 1.807) is 0 Å². The predicted octanol–water partition coefficient (Wildman–Crippen LogP) is 0.574. The van der Waals surface area contributed by atoms with Crippen LogP contribution >= 0.6 is 0 Å². The highest BCUT2D eigenvalue weighted by molar-refractivity contribution is 5.75. The van der Waals surface area contributed by atoms with Crippen LogP contribution in [0.3, 0.4) is 0 Å². The molecule has 0 N–H and O–H groups in total. The van der Waals surface area contributed by atoms with Gasteiger partial charge in [-0.25, -0.2) is 0 Å². The van der Waals surface area contributed by atoms with Crippen LogP contribution in [0.15, 0.2) is 0 Å². The Bertz CT molecular complexity index is 241. The van der Waals surface area contributed by atoms with Gasteiger partial charge in [0.15, 0.2) is 0 Å². The molecule has 0 bridgehead atoms. The van der Waals surface area contributed by atoms with Crippen LogP contribution in [0.4, 0.5) is 0 Å². The van der Waals surface area contributed by atoms with Gasteiger partial charge >= 0.3 is 5.97 Å². The van der Waals surface area contributed by atoms with Gasteiger partial charge in [-0.1, -0.05) is 0 Å². The lowest BCUT2D eigenvalue weighted by atomic mass is 9.98. The second kappa shape index (κ2) is 4.49. The van der Waals surface area contributed by atoms with Crippen molar-refractivity contribution in [3.63, 3.8) is 0 Å². The summed E-state index contributed by atoms with van der Waals surface area (Å²) in [5.74, 6) is -0.143. The molecule has 1 heterocycles. The summed E-state index contributed by atoms with van der Waals surface area (Å²) < 4.78 is 4.77. The molecule has 0 aliphatic carbocycles. The van der Waals surface area contributed by atoms with E-state index in [0.717, 1.165) is 19.6 Å². The van der Waals surface area contributed by atoms with E-state index in [4.69, 9.17) is 4.74 Å². The molecule has 4 nitrogen and oxygen atoms in total. The summed E-state index contributed by atoms with van der Waals surface area (Å²) in [7, 11) is 3.57. The maximum Gasteiger partial charge on any atom is 0.322 e. The van der Waals surface area contributed by atoms with Crippen LogP contribution in [0, 0.1) is 0 Å². The topological polar surface area (TPSA) is 32.8 Å². The molecule has 0 aromatic rings. The average Bonchev–Trinajstić information content (AvgIpc) is 2.19. The smallest absolute Gasteiger partial charge is 0.322 e. The summed E-state index contributed by atoms with van der Waals surface area (Å²) in [6.45, 7) is 9.13. The van der Waals surface area contributed by atoms with Crippen LogP contribution in [-0.4, -0.2) is 61.1 Å². The molecule has 0 spiro atoms. The molecule has 1 unspecified atom stereocenters. The van der Waals surface area contributed by atoms with Gasteiger partial charge in [0.25, 0.3) is 0 Å². The summed E-state index contributed by atoms with van der Waals surface area (Å²) in [5.41, 5.74) is 0.126. The van der Waals surface area contributed by atoms with Crippen molar-refractivity contribution in [1.82, 2.24) is 9.80 Å². The summed E-state index contributed by atoms with van der Waals surface area (Å²) in [6.07, 6.45) is 0. The summed E-state index contributed by atoms with van der Waals surface area (Å²) in [5, 5.41) is 0. The van der Waals surface area contributed by atoms with Crippen molar-refractivity contribution < 1.29 is 9.53 Å². The molecule has 0 aromatic carbocycles. The molecule has 1 aliphatic rings. The van der Waals surface area contributed by atoms with Gasteiger partial charge < -0.3 is 4.74 Å².